The van der Waals surface area contributed by atoms with Crippen LogP contribution < -0.4 is 4.90 Å². The number of piperazine rings is 1. The van der Waals surface area contributed by atoms with Crippen LogP contribution >= 0.6 is 0 Å². The Labute approximate surface area is 222 Å². The Morgan fingerprint density at radius 2 is 1.58 bits per heavy atom. The number of carbonyl (C=O) groups excluding carboxylic acids is 1. The van der Waals surface area contributed by atoms with Gasteiger partial charge < -0.3 is 14.3 Å². The van der Waals surface area contributed by atoms with Gasteiger partial charge in [-0.2, -0.15) is 9.29 Å². The van der Waals surface area contributed by atoms with Crippen LogP contribution in [0.3, 0.4) is 0 Å². The molecule has 6 rings (SSSR count). The highest BCUT2D eigenvalue weighted by Crippen LogP contribution is 2.34. The van der Waals surface area contributed by atoms with E-state index in [1.54, 1.807) is 35.4 Å². The molecular weight excluding hydrogens is 504 g/mol. The molecule has 2 aromatic heterocycles. The predicted molar refractivity (Wildman–Crippen MR) is 141 cm³/mol. The van der Waals surface area contributed by atoms with Crippen LogP contribution in [-0.2, 0) is 10.0 Å². The first kappa shape index (κ1) is 25.0. The van der Waals surface area contributed by atoms with Gasteiger partial charge in [0.25, 0.3) is 5.91 Å². The highest BCUT2D eigenvalue weighted by Gasteiger charge is 2.28. The van der Waals surface area contributed by atoms with E-state index in [9.17, 15) is 13.2 Å². The number of aromatic nitrogens is 3. The molecule has 4 heterocycles. The summed E-state index contributed by atoms with van der Waals surface area (Å²) >= 11 is 0. The van der Waals surface area contributed by atoms with Crippen LogP contribution in [0.4, 0.5) is 5.82 Å². The summed E-state index contributed by atoms with van der Waals surface area (Å²) < 4.78 is 32.5. The molecular formula is C27H32N6O4S. The Morgan fingerprint density at radius 1 is 0.868 bits per heavy atom. The number of nitrogens with zero attached hydrogens (tertiary/aromatic N) is 6. The molecule has 0 N–H and O–H groups in total. The lowest BCUT2D eigenvalue weighted by Gasteiger charge is -2.35. The van der Waals surface area contributed by atoms with Gasteiger partial charge >= 0.3 is 0 Å². The third kappa shape index (κ3) is 4.92. The molecule has 2 aliphatic heterocycles. The van der Waals surface area contributed by atoms with E-state index >= 15 is 0 Å². The van der Waals surface area contributed by atoms with Gasteiger partial charge in [0.15, 0.2) is 0 Å². The molecule has 1 aliphatic carbocycles. The number of carbonyl (C=O) groups is 1. The molecule has 0 atom stereocenters. The third-order valence-corrected chi connectivity index (χ3v) is 9.76. The Balaban J connectivity index is 1.05. The largest absolute Gasteiger partial charge is 0.353 e. The molecule has 38 heavy (non-hydrogen) atoms. The lowest BCUT2D eigenvalue weighted by atomic mass is 10.1. The smallest absolute Gasteiger partial charge is 0.253 e. The molecule has 3 aliphatic rings. The number of sulfonamides is 1. The standard InChI is InChI=1S/C27H32N6O4S/c34-27(21-7-10-23(11-8-21)38(35,36)33-13-3-4-14-33)32-17-15-31(16-18-32)24-12-9-22(19-28-24)25-29-26(37-30-25)20-5-1-2-6-20/h7-12,19-20H,1-6,13-18H2. The average molecular weight is 537 g/mol. The van der Waals surface area contributed by atoms with Crippen molar-refractivity contribution in [3.05, 3.63) is 54.0 Å². The minimum atomic E-state index is -3.49. The molecule has 3 fully saturated rings. The molecule has 1 aromatic carbocycles. The Morgan fingerprint density at radius 3 is 2.24 bits per heavy atom. The first-order valence-electron chi connectivity index (χ1n) is 13.4. The van der Waals surface area contributed by atoms with Crippen molar-refractivity contribution in [1.82, 2.24) is 24.3 Å². The summed E-state index contributed by atoms with van der Waals surface area (Å²) in [5, 5.41) is 4.15. The number of amides is 1. The van der Waals surface area contributed by atoms with Crippen molar-refractivity contribution >= 4 is 21.7 Å². The molecule has 1 amide bonds. The molecule has 10 nitrogen and oxygen atoms in total. The van der Waals surface area contributed by atoms with E-state index in [1.807, 2.05) is 12.1 Å². The Bertz CT molecular complexity index is 1370. The summed E-state index contributed by atoms with van der Waals surface area (Å²) in [7, 11) is -3.49. The van der Waals surface area contributed by atoms with Crippen LogP contribution in [0, 0.1) is 0 Å². The van der Waals surface area contributed by atoms with Crippen molar-refractivity contribution in [1.29, 1.82) is 0 Å². The zero-order valence-electron chi connectivity index (χ0n) is 21.3. The van der Waals surface area contributed by atoms with E-state index in [4.69, 9.17) is 4.52 Å². The maximum absolute atomic E-state index is 13.1. The highest BCUT2D eigenvalue weighted by molar-refractivity contribution is 7.89. The first-order chi connectivity index (χ1) is 18.5. The van der Waals surface area contributed by atoms with Crippen LogP contribution in [0.25, 0.3) is 11.4 Å². The van der Waals surface area contributed by atoms with E-state index in [-0.39, 0.29) is 10.8 Å². The number of pyridine rings is 1. The SMILES string of the molecule is O=C(c1ccc(S(=O)(=O)N2CCCC2)cc1)N1CCN(c2ccc(-c3noc(C4CCCC4)n3)cn2)CC1. The maximum Gasteiger partial charge on any atom is 0.253 e. The molecule has 0 bridgehead atoms. The van der Waals surface area contributed by atoms with Gasteiger partial charge in [-0.25, -0.2) is 13.4 Å². The molecule has 0 radical (unpaired) electrons. The lowest BCUT2D eigenvalue weighted by molar-refractivity contribution is 0.0746. The lowest BCUT2D eigenvalue weighted by Crippen LogP contribution is -2.49. The van der Waals surface area contributed by atoms with Gasteiger partial charge in [0, 0.05) is 62.5 Å². The summed E-state index contributed by atoms with van der Waals surface area (Å²) in [6.07, 6.45) is 8.20. The topological polar surface area (TPSA) is 113 Å². The second kappa shape index (κ2) is 10.5. The Hall–Kier alpha value is -3.31. The third-order valence-electron chi connectivity index (χ3n) is 7.85. The zero-order chi connectivity index (χ0) is 26.1. The van der Waals surface area contributed by atoms with Crippen molar-refractivity contribution < 1.29 is 17.7 Å². The molecule has 2 saturated heterocycles. The Kier molecular flexibility index (Phi) is 6.87. The van der Waals surface area contributed by atoms with Crippen LogP contribution in [0.2, 0.25) is 0 Å². The highest BCUT2D eigenvalue weighted by atomic mass is 32.2. The van der Waals surface area contributed by atoms with Crippen LogP contribution in [0.5, 0.6) is 0 Å². The van der Waals surface area contributed by atoms with Crippen molar-refractivity contribution in [2.75, 3.05) is 44.2 Å². The fourth-order valence-corrected chi connectivity index (χ4v) is 7.08. The van der Waals surface area contributed by atoms with Crippen molar-refractivity contribution in [3.63, 3.8) is 0 Å². The van der Waals surface area contributed by atoms with E-state index in [0.717, 1.165) is 43.0 Å². The quantitative estimate of drug-likeness (QED) is 0.470. The van der Waals surface area contributed by atoms with E-state index in [2.05, 4.69) is 20.0 Å². The predicted octanol–water partition coefficient (Wildman–Crippen LogP) is 3.54. The minimum absolute atomic E-state index is 0.0896. The number of rotatable bonds is 6. The summed E-state index contributed by atoms with van der Waals surface area (Å²) in [6, 6.07) is 10.2. The van der Waals surface area contributed by atoms with Gasteiger partial charge in [-0.15, -0.1) is 0 Å². The van der Waals surface area contributed by atoms with E-state index < -0.39 is 10.0 Å². The number of benzene rings is 1. The second-order valence-corrected chi connectivity index (χ2v) is 12.2. The van der Waals surface area contributed by atoms with Crippen LogP contribution in [-0.4, -0.2) is 77.9 Å². The number of hydrogen-bond acceptors (Lipinski definition) is 8. The van der Waals surface area contributed by atoms with Crippen LogP contribution in [0.15, 0.2) is 52.0 Å². The summed E-state index contributed by atoms with van der Waals surface area (Å²) in [6.45, 7) is 3.56. The molecule has 3 aromatic rings. The number of anilines is 1. The molecule has 200 valence electrons. The summed E-state index contributed by atoms with van der Waals surface area (Å²) in [5.41, 5.74) is 1.32. The maximum atomic E-state index is 13.1. The van der Waals surface area contributed by atoms with Crippen molar-refractivity contribution in [2.24, 2.45) is 0 Å². The minimum Gasteiger partial charge on any atom is -0.353 e. The fraction of sp³-hybridized carbons (Fsp3) is 0.481. The zero-order valence-corrected chi connectivity index (χ0v) is 22.1. The van der Waals surface area contributed by atoms with E-state index in [0.29, 0.717) is 56.6 Å². The number of hydrogen-bond donors (Lipinski definition) is 0. The van der Waals surface area contributed by atoms with E-state index in [1.165, 1.54) is 17.1 Å². The monoisotopic (exact) mass is 536 g/mol. The van der Waals surface area contributed by atoms with Gasteiger partial charge in [0.1, 0.15) is 5.82 Å². The normalized spacial score (nSPS) is 19.4. The summed E-state index contributed by atoms with van der Waals surface area (Å²) in [5.74, 6) is 2.43. The van der Waals surface area contributed by atoms with Gasteiger partial charge in [0.2, 0.25) is 21.7 Å². The molecule has 11 heteroatoms. The van der Waals surface area contributed by atoms with Gasteiger partial charge in [-0.1, -0.05) is 18.0 Å². The van der Waals surface area contributed by atoms with Crippen molar-refractivity contribution in [3.8, 4) is 11.4 Å². The molecule has 0 unspecified atom stereocenters. The first-order valence-corrected chi connectivity index (χ1v) is 14.9. The van der Waals surface area contributed by atoms with Gasteiger partial charge in [-0.05, 0) is 62.1 Å². The van der Waals surface area contributed by atoms with Gasteiger partial charge in [-0.3, -0.25) is 4.79 Å². The molecule has 0 spiro atoms. The summed E-state index contributed by atoms with van der Waals surface area (Å²) in [4.78, 5) is 26.5. The van der Waals surface area contributed by atoms with Crippen LogP contribution in [0.1, 0.15) is 60.7 Å². The van der Waals surface area contributed by atoms with Crippen molar-refractivity contribution in [2.45, 2.75) is 49.3 Å². The molecule has 1 saturated carbocycles. The average Bonchev–Trinajstić information content (AvgIpc) is 3.76. The van der Waals surface area contributed by atoms with Gasteiger partial charge in [0.05, 0.1) is 4.90 Å². The fourth-order valence-electron chi connectivity index (χ4n) is 5.56. The second-order valence-electron chi connectivity index (χ2n) is 10.3.